The van der Waals surface area contributed by atoms with Crippen LogP contribution in [0.5, 0.6) is 0 Å². The summed E-state index contributed by atoms with van der Waals surface area (Å²) in [7, 11) is 1.72. The average molecular weight is 219 g/mol. The average Bonchev–Trinajstić information content (AvgIpc) is 2.69. The van der Waals surface area contributed by atoms with Gasteiger partial charge in [0.05, 0.1) is 17.6 Å². The number of imidazole rings is 1. The van der Waals surface area contributed by atoms with Crippen molar-refractivity contribution in [2.75, 3.05) is 25.6 Å². The van der Waals surface area contributed by atoms with Gasteiger partial charge in [-0.2, -0.15) is 0 Å². The second-order valence-electron chi connectivity index (χ2n) is 4.04. The van der Waals surface area contributed by atoms with Gasteiger partial charge in [-0.05, 0) is 18.1 Å². The first-order chi connectivity index (χ1) is 7.79. The summed E-state index contributed by atoms with van der Waals surface area (Å²) in [5.74, 6) is 1.29. The minimum absolute atomic E-state index is 0.471. The zero-order valence-electron chi connectivity index (χ0n) is 9.66. The standard InChI is InChI=1S/C12H17N3O/c1-9(8-16-2)7-13-12-14-10-5-3-4-6-11(10)15-12/h3-6,9H,7-8H2,1-2H3,(H2,13,14,15). The smallest absolute Gasteiger partial charge is 0.201 e. The molecule has 1 aromatic heterocycles. The zero-order valence-corrected chi connectivity index (χ0v) is 9.66. The van der Waals surface area contributed by atoms with Gasteiger partial charge in [-0.15, -0.1) is 0 Å². The molecule has 16 heavy (non-hydrogen) atoms. The van der Waals surface area contributed by atoms with Crippen molar-refractivity contribution in [3.8, 4) is 0 Å². The first-order valence-electron chi connectivity index (χ1n) is 5.47. The second-order valence-corrected chi connectivity index (χ2v) is 4.04. The van der Waals surface area contributed by atoms with Gasteiger partial charge in [-0.25, -0.2) is 4.98 Å². The van der Waals surface area contributed by atoms with Crippen molar-refractivity contribution in [3.05, 3.63) is 24.3 Å². The third kappa shape index (κ3) is 2.52. The number of methoxy groups -OCH3 is 1. The number of ether oxygens (including phenoxy) is 1. The Balaban J connectivity index is 1.99. The van der Waals surface area contributed by atoms with Crippen LogP contribution in [0.4, 0.5) is 5.95 Å². The Labute approximate surface area is 95.0 Å². The number of nitrogens with zero attached hydrogens (tertiary/aromatic N) is 1. The van der Waals surface area contributed by atoms with E-state index >= 15 is 0 Å². The summed E-state index contributed by atoms with van der Waals surface area (Å²) in [6.07, 6.45) is 0. The lowest BCUT2D eigenvalue weighted by molar-refractivity contribution is 0.164. The van der Waals surface area contributed by atoms with E-state index in [9.17, 15) is 0 Å². The maximum Gasteiger partial charge on any atom is 0.201 e. The van der Waals surface area contributed by atoms with Crippen LogP contribution in [0, 0.1) is 5.92 Å². The molecule has 0 aliphatic carbocycles. The summed E-state index contributed by atoms with van der Waals surface area (Å²) in [6, 6.07) is 8.00. The van der Waals surface area contributed by atoms with Crippen LogP contribution in [0.2, 0.25) is 0 Å². The molecule has 0 saturated heterocycles. The van der Waals surface area contributed by atoms with Gasteiger partial charge < -0.3 is 15.0 Å². The van der Waals surface area contributed by atoms with E-state index in [1.54, 1.807) is 7.11 Å². The van der Waals surface area contributed by atoms with E-state index in [1.807, 2.05) is 24.3 Å². The van der Waals surface area contributed by atoms with Crippen molar-refractivity contribution in [2.45, 2.75) is 6.92 Å². The molecule has 0 radical (unpaired) electrons. The van der Waals surface area contributed by atoms with E-state index in [0.29, 0.717) is 5.92 Å². The lowest BCUT2D eigenvalue weighted by atomic mass is 10.2. The van der Waals surface area contributed by atoms with Crippen molar-refractivity contribution < 1.29 is 4.74 Å². The number of H-pyrrole nitrogens is 1. The van der Waals surface area contributed by atoms with Crippen molar-refractivity contribution in [3.63, 3.8) is 0 Å². The molecule has 0 saturated carbocycles. The summed E-state index contributed by atoms with van der Waals surface area (Å²) >= 11 is 0. The molecular weight excluding hydrogens is 202 g/mol. The first kappa shape index (κ1) is 11.0. The predicted molar refractivity (Wildman–Crippen MR) is 65.6 cm³/mol. The second kappa shape index (κ2) is 4.99. The lowest BCUT2D eigenvalue weighted by Gasteiger charge is -2.10. The van der Waals surface area contributed by atoms with E-state index in [-0.39, 0.29) is 0 Å². The van der Waals surface area contributed by atoms with Gasteiger partial charge >= 0.3 is 0 Å². The molecule has 4 heteroatoms. The van der Waals surface area contributed by atoms with Crippen molar-refractivity contribution in [1.29, 1.82) is 0 Å². The molecule has 0 fully saturated rings. The Kier molecular flexibility index (Phi) is 3.41. The number of benzene rings is 1. The fourth-order valence-corrected chi connectivity index (χ4v) is 1.65. The number of hydrogen-bond acceptors (Lipinski definition) is 3. The fraction of sp³-hybridized carbons (Fsp3) is 0.417. The van der Waals surface area contributed by atoms with Gasteiger partial charge in [0, 0.05) is 13.7 Å². The number of para-hydroxylation sites is 2. The summed E-state index contributed by atoms with van der Waals surface area (Å²) < 4.78 is 5.08. The Morgan fingerprint density at radius 1 is 1.44 bits per heavy atom. The molecule has 2 N–H and O–H groups in total. The minimum Gasteiger partial charge on any atom is -0.384 e. The molecule has 0 aliphatic rings. The highest BCUT2D eigenvalue weighted by molar-refractivity contribution is 5.77. The first-order valence-corrected chi connectivity index (χ1v) is 5.47. The molecule has 0 aliphatic heterocycles. The molecule has 0 amide bonds. The summed E-state index contributed by atoms with van der Waals surface area (Å²) in [4.78, 5) is 7.67. The maximum absolute atomic E-state index is 5.08. The molecule has 4 nitrogen and oxygen atoms in total. The van der Waals surface area contributed by atoms with Crippen molar-refractivity contribution >= 4 is 17.0 Å². The molecule has 1 atom stereocenters. The van der Waals surface area contributed by atoms with Gasteiger partial charge in [0.2, 0.25) is 5.95 Å². The number of rotatable bonds is 5. The number of nitrogens with one attached hydrogen (secondary N) is 2. The van der Waals surface area contributed by atoms with Gasteiger partial charge in [0.25, 0.3) is 0 Å². The Hall–Kier alpha value is -1.55. The molecule has 1 unspecified atom stereocenters. The van der Waals surface area contributed by atoms with E-state index in [0.717, 1.165) is 30.1 Å². The number of aromatic nitrogens is 2. The molecule has 0 spiro atoms. The van der Waals surface area contributed by atoms with Crippen molar-refractivity contribution in [1.82, 2.24) is 9.97 Å². The molecular formula is C12H17N3O. The highest BCUT2D eigenvalue weighted by Crippen LogP contribution is 2.13. The van der Waals surface area contributed by atoms with Gasteiger partial charge in [0.1, 0.15) is 0 Å². The Bertz CT molecular complexity index is 419. The largest absolute Gasteiger partial charge is 0.384 e. The van der Waals surface area contributed by atoms with Crippen LogP contribution in [0.15, 0.2) is 24.3 Å². The van der Waals surface area contributed by atoms with E-state index in [2.05, 4.69) is 22.2 Å². The molecule has 2 aromatic rings. The summed E-state index contributed by atoms with van der Waals surface area (Å²) in [5, 5.41) is 3.27. The molecule has 0 bridgehead atoms. The quantitative estimate of drug-likeness (QED) is 0.811. The zero-order chi connectivity index (χ0) is 11.4. The summed E-state index contributed by atoms with van der Waals surface area (Å²) in [6.45, 7) is 3.75. The fourth-order valence-electron chi connectivity index (χ4n) is 1.65. The Morgan fingerprint density at radius 2 is 2.25 bits per heavy atom. The van der Waals surface area contributed by atoms with Crippen LogP contribution >= 0.6 is 0 Å². The van der Waals surface area contributed by atoms with E-state index in [1.165, 1.54) is 0 Å². The third-order valence-corrected chi connectivity index (χ3v) is 2.46. The number of aromatic amines is 1. The topological polar surface area (TPSA) is 49.9 Å². The number of anilines is 1. The SMILES string of the molecule is COCC(C)CNc1nc2ccccc2[nH]1. The van der Waals surface area contributed by atoms with Crippen LogP contribution < -0.4 is 5.32 Å². The maximum atomic E-state index is 5.08. The van der Waals surface area contributed by atoms with Crippen LogP contribution in [0.25, 0.3) is 11.0 Å². The van der Waals surface area contributed by atoms with Crippen LogP contribution in [0.1, 0.15) is 6.92 Å². The Morgan fingerprint density at radius 3 is 3.00 bits per heavy atom. The van der Waals surface area contributed by atoms with Gasteiger partial charge in [-0.1, -0.05) is 19.1 Å². The predicted octanol–water partition coefficient (Wildman–Crippen LogP) is 2.26. The van der Waals surface area contributed by atoms with E-state index < -0.39 is 0 Å². The molecule has 1 aromatic carbocycles. The monoisotopic (exact) mass is 219 g/mol. The van der Waals surface area contributed by atoms with Crippen LogP contribution in [-0.4, -0.2) is 30.2 Å². The number of fused-ring (bicyclic) bond motifs is 1. The summed E-state index contributed by atoms with van der Waals surface area (Å²) in [5.41, 5.74) is 2.05. The van der Waals surface area contributed by atoms with Crippen LogP contribution in [-0.2, 0) is 4.74 Å². The third-order valence-electron chi connectivity index (χ3n) is 2.46. The number of hydrogen-bond donors (Lipinski definition) is 2. The minimum atomic E-state index is 0.471. The van der Waals surface area contributed by atoms with Crippen molar-refractivity contribution in [2.24, 2.45) is 5.92 Å². The van der Waals surface area contributed by atoms with Crippen LogP contribution in [0.3, 0.4) is 0 Å². The molecule has 86 valence electrons. The van der Waals surface area contributed by atoms with E-state index in [4.69, 9.17) is 4.74 Å². The lowest BCUT2D eigenvalue weighted by Crippen LogP contribution is -2.16. The molecule has 2 rings (SSSR count). The van der Waals surface area contributed by atoms with Gasteiger partial charge in [0.15, 0.2) is 0 Å². The van der Waals surface area contributed by atoms with Gasteiger partial charge in [-0.3, -0.25) is 0 Å². The highest BCUT2D eigenvalue weighted by atomic mass is 16.5. The highest BCUT2D eigenvalue weighted by Gasteiger charge is 2.04. The molecule has 1 heterocycles. The normalized spacial score (nSPS) is 12.9.